The molecule has 8 nitrogen and oxygen atoms in total. The van der Waals surface area contributed by atoms with E-state index in [1.807, 2.05) is 19.2 Å². The topological polar surface area (TPSA) is 110 Å². The predicted molar refractivity (Wildman–Crippen MR) is 121 cm³/mol. The molecule has 3 aromatic heterocycles. The number of thiophene rings is 1. The number of fused-ring (bicyclic) bond motifs is 1. The van der Waals surface area contributed by atoms with E-state index in [0.717, 1.165) is 5.56 Å². The fourth-order valence-corrected chi connectivity index (χ4v) is 4.27. The molecule has 0 radical (unpaired) electrons. The van der Waals surface area contributed by atoms with Gasteiger partial charge in [0.05, 0.1) is 17.6 Å². The molecule has 0 atom stereocenters. The Morgan fingerprint density at radius 2 is 1.97 bits per heavy atom. The van der Waals surface area contributed by atoms with E-state index in [4.69, 9.17) is 5.41 Å². The van der Waals surface area contributed by atoms with Crippen LogP contribution in [-0.2, 0) is 6.54 Å². The second kappa shape index (κ2) is 8.60. The summed E-state index contributed by atoms with van der Waals surface area (Å²) < 4.78 is 15.9. The molecule has 0 aliphatic heterocycles. The average Bonchev–Trinajstić information content (AvgIpc) is 3.14. The van der Waals surface area contributed by atoms with Crippen LogP contribution in [0.2, 0.25) is 0 Å². The quantitative estimate of drug-likeness (QED) is 0.380. The molecule has 0 saturated heterocycles. The molecule has 0 amide bonds. The molecule has 0 aliphatic carbocycles. The Hall–Kier alpha value is -3.66. The van der Waals surface area contributed by atoms with Crippen LogP contribution < -0.4 is 21.6 Å². The fraction of sp³-hybridized carbons (Fsp3) is 0.190. The maximum atomic E-state index is 14.6. The van der Waals surface area contributed by atoms with E-state index in [9.17, 15) is 9.18 Å². The number of nitrogens with one attached hydrogen (secondary N) is 2. The second-order valence-electron chi connectivity index (χ2n) is 6.75. The Morgan fingerprint density at radius 1 is 1.23 bits per heavy atom. The molecule has 0 aliphatic rings. The van der Waals surface area contributed by atoms with Gasteiger partial charge in [0.25, 0.3) is 5.56 Å². The zero-order valence-electron chi connectivity index (χ0n) is 17.0. The Balaban J connectivity index is 1.83. The first kappa shape index (κ1) is 20.6. The van der Waals surface area contributed by atoms with Crippen molar-refractivity contribution in [3.8, 4) is 5.69 Å². The van der Waals surface area contributed by atoms with Crippen molar-refractivity contribution >= 4 is 39.4 Å². The number of nitrogens with zero attached hydrogens (tertiary/aromatic N) is 4. The van der Waals surface area contributed by atoms with Crippen molar-refractivity contribution in [3.63, 3.8) is 0 Å². The Morgan fingerprint density at radius 3 is 2.68 bits per heavy atom. The first-order chi connectivity index (χ1) is 15.0. The number of hydrogen-bond acceptors (Lipinski definition) is 7. The lowest BCUT2D eigenvalue weighted by Crippen LogP contribution is -2.31. The third kappa shape index (κ3) is 3.77. The van der Waals surface area contributed by atoms with Crippen molar-refractivity contribution in [3.05, 3.63) is 69.1 Å². The van der Waals surface area contributed by atoms with Crippen LogP contribution in [-0.4, -0.2) is 32.3 Å². The van der Waals surface area contributed by atoms with Gasteiger partial charge in [0, 0.05) is 6.54 Å². The maximum Gasteiger partial charge on any atom is 0.267 e. The van der Waals surface area contributed by atoms with Gasteiger partial charge >= 0.3 is 0 Å². The highest BCUT2D eigenvalue weighted by Crippen LogP contribution is 2.24. The van der Waals surface area contributed by atoms with Gasteiger partial charge in [-0.05, 0) is 36.9 Å². The first-order valence-corrected chi connectivity index (χ1v) is 10.6. The number of nitrogens with two attached hydrogens (primary N) is 1. The molecule has 3 heterocycles. The van der Waals surface area contributed by atoms with E-state index >= 15 is 0 Å². The Kier molecular flexibility index (Phi) is 5.72. The van der Waals surface area contributed by atoms with Crippen LogP contribution in [0.1, 0.15) is 23.9 Å². The number of para-hydroxylation sites is 1. The summed E-state index contributed by atoms with van der Waals surface area (Å²) in [5.74, 6) is 0.917. The number of benzene rings is 1. The molecule has 1 aromatic carbocycles. The summed E-state index contributed by atoms with van der Waals surface area (Å²) in [6, 6.07) is 6.14. The number of halogens is 1. The molecular weight excluding hydrogens is 417 g/mol. The lowest BCUT2D eigenvalue weighted by Gasteiger charge is -2.15. The van der Waals surface area contributed by atoms with Crippen molar-refractivity contribution in [2.24, 2.45) is 0 Å². The summed E-state index contributed by atoms with van der Waals surface area (Å²) in [5.41, 5.74) is 1.24. The third-order valence-electron chi connectivity index (χ3n) is 4.76. The van der Waals surface area contributed by atoms with Crippen LogP contribution in [0.5, 0.6) is 0 Å². The van der Waals surface area contributed by atoms with Crippen molar-refractivity contribution in [1.82, 2.24) is 19.5 Å². The van der Waals surface area contributed by atoms with Crippen LogP contribution in [0.15, 0.2) is 40.8 Å². The lowest BCUT2D eigenvalue weighted by molar-refractivity contribution is -0.104. The van der Waals surface area contributed by atoms with Crippen molar-refractivity contribution < 1.29 is 9.80 Å². The molecule has 4 rings (SSSR count). The van der Waals surface area contributed by atoms with Gasteiger partial charge in [-0.3, -0.25) is 14.8 Å². The van der Waals surface area contributed by atoms with Crippen molar-refractivity contribution in [2.75, 3.05) is 17.2 Å². The van der Waals surface area contributed by atoms with Gasteiger partial charge in [-0.25, -0.2) is 19.3 Å². The molecule has 0 bridgehead atoms. The average molecular weight is 439 g/mol. The molecule has 0 saturated carbocycles. The highest BCUT2D eigenvalue weighted by atomic mass is 32.1. The zero-order chi connectivity index (χ0) is 22.0. The second-order valence-corrected chi connectivity index (χ2v) is 7.61. The molecule has 0 spiro atoms. The predicted octanol–water partition coefficient (Wildman–Crippen LogP) is 1.91. The number of aryl methyl sites for hydroxylation is 1. The van der Waals surface area contributed by atoms with Crippen molar-refractivity contribution in [2.45, 2.75) is 20.4 Å². The first-order valence-electron chi connectivity index (χ1n) is 9.67. The van der Waals surface area contributed by atoms with Gasteiger partial charge in [-0.15, -0.1) is 11.3 Å². The summed E-state index contributed by atoms with van der Waals surface area (Å²) in [7, 11) is 0. The smallest absolute Gasteiger partial charge is 0.267 e. The normalized spacial score (nSPS) is 10.9. The highest BCUT2D eigenvalue weighted by molar-refractivity contribution is 7.16. The third-order valence-corrected chi connectivity index (χ3v) is 5.75. The summed E-state index contributed by atoms with van der Waals surface area (Å²) in [5, 5.41) is 14.4. The summed E-state index contributed by atoms with van der Waals surface area (Å²) in [4.78, 5) is 27.0. The molecule has 31 heavy (non-hydrogen) atoms. The van der Waals surface area contributed by atoms with Crippen LogP contribution in [0.3, 0.4) is 0 Å². The molecular formula is C21H21FN7OS+. The van der Waals surface area contributed by atoms with E-state index < -0.39 is 5.82 Å². The van der Waals surface area contributed by atoms with Crippen LogP contribution in [0, 0.1) is 12.7 Å². The van der Waals surface area contributed by atoms with E-state index in [-0.39, 0.29) is 17.8 Å². The lowest BCUT2D eigenvalue weighted by atomic mass is 10.2. The molecule has 4 N–H and O–H groups in total. The molecule has 4 aromatic rings. The Labute approximate surface area is 181 Å². The largest absolute Gasteiger partial charge is 0.369 e. The van der Waals surface area contributed by atoms with Gasteiger partial charge < -0.3 is 10.6 Å². The number of aromatic nitrogens is 4. The van der Waals surface area contributed by atoms with E-state index in [2.05, 4.69) is 25.6 Å². The van der Waals surface area contributed by atoms with Crippen LogP contribution in [0.25, 0.3) is 15.9 Å². The molecule has 0 fully saturated rings. The number of rotatable bonds is 7. The number of anilines is 2. The van der Waals surface area contributed by atoms with E-state index in [1.54, 1.807) is 18.2 Å². The summed E-state index contributed by atoms with van der Waals surface area (Å²) in [6.07, 6.45) is 2.82. The van der Waals surface area contributed by atoms with Crippen LogP contribution >= 0.6 is 11.3 Å². The SMILES string of the molecule is CCNc1ncnc(NCc2nc3scc(C)c3c(=O)n2-c2ccccc2F)c1C=[NH2+]. The van der Waals surface area contributed by atoms with Crippen LogP contribution in [0.4, 0.5) is 16.0 Å². The van der Waals surface area contributed by atoms with Gasteiger partial charge in [-0.1, -0.05) is 12.1 Å². The van der Waals surface area contributed by atoms with E-state index in [0.29, 0.717) is 39.8 Å². The van der Waals surface area contributed by atoms with E-state index in [1.165, 1.54) is 34.5 Å². The molecule has 10 heteroatoms. The number of hydrogen-bond donors (Lipinski definition) is 3. The van der Waals surface area contributed by atoms with Crippen molar-refractivity contribution in [1.29, 1.82) is 0 Å². The van der Waals surface area contributed by atoms with Gasteiger partial charge in [0.2, 0.25) is 0 Å². The zero-order valence-corrected chi connectivity index (χ0v) is 17.8. The van der Waals surface area contributed by atoms with Gasteiger partial charge in [0.15, 0.2) is 6.21 Å². The minimum Gasteiger partial charge on any atom is -0.369 e. The molecule has 0 unspecified atom stereocenters. The minimum absolute atomic E-state index is 0.125. The maximum absolute atomic E-state index is 14.6. The van der Waals surface area contributed by atoms with Gasteiger partial charge in [-0.2, -0.15) is 0 Å². The molecule has 158 valence electrons. The fourth-order valence-electron chi connectivity index (χ4n) is 3.33. The summed E-state index contributed by atoms with van der Waals surface area (Å²) >= 11 is 1.38. The summed E-state index contributed by atoms with van der Waals surface area (Å²) in [6.45, 7) is 4.59. The standard InChI is InChI=1S/C21H20FN7OS/c1-3-24-18-13(8-23)19(27-11-26-18)25-9-16-28-20-17(12(2)10-31-20)21(30)29(16)15-7-5-4-6-14(15)22/h4-8,10-11,23H,3,9H2,1-2H3,(H2,24,25,26,27)/p+1. The highest BCUT2D eigenvalue weighted by Gasteiger charge is 2.19. The monoisotopic (exact) mass is 438 g/mol. The minimum atomic E-state index is -0.507. The van der Waals surface area contributed by atoms with Gasteiger partial charge in [0.1, 0.15) is 40.0 Å². The Bertz CT molecular complexity index is 1330.